The number of hydrogen-bond donors (Lipinski definition) is 2. The minimum atomic E-state index is 0.0576. The standard InChI is InChI=1S/C21H25ClN2O/c1-16(17-7-3-2-4-8-17)23-21(25)18-11-13-24(14-12-18)15-19-9-5-6-10-20(19)22/h2-10,16,18H,11-15H2,1H3,(H,23,25)/p+1/t16-/m0/s1. The highest BCUT2D eigenvalue weighted by molar-refractivity contribution is 6.31. The zero-order valence-electron chi connectivity index (χ0n) is 14.7. The highest BCUT2D eigenvalue weighted by Gasteiger charge is 2.28. The Bertz CT molecular complexity index is 696. The molecule has 2 N–H and O–H groups in total. The second-order valence-corrected chi connectivity index (χ2v) is 7.34. The number of hydrogen-bond acceptors (Lipinski definition) is 1. The van der Waals surface area contributed by atoms with Gasteiger partial charge in [0.1, 0.15) is 6.54 Å². The average molecular weight is 358 g/mol. The lowest BCUT2D eigenvalue weighted by Crippen LogP contribution is -3.11. The molecule has 1 heterocycles. The summed E-state index contributed by atoms with van der Waals surface area (Å²) in [5.41, 5.74) is 2.34. The zero-order valence-corrected chi connectivity index (χ0v) is 15.4. The first-order valence-corrected chi connectivity index (χ1v) is 9.43. The van der Waals surface area contributed by atoms with Gasteiger partial charge in [0.15, 0.2) is 0 Å². The molecule has 1 fully saturated rings. The molecule has 0 spiro atoms. The van der Waals surface area contributed by atoms with E-state index in [0.717, 1.165) is 43.1 Å². The van der Waals surface area contributed by atoms with Crippen LogP contribution in [0.15, 0.2) is 54.6 Å². The normalized spacial score (nSPS) is 21.5. The number of likely N-dealkylation sites (tertiary alicyclic amines) is 1. The highest BCUT2D eigenvalue weighted by Crippen LogP contribution is 2.17. The summed E-state index contributed by atoms with van der Waals surface area (Å²) >= 11 is 6.26. The summed E-state index contributed by atoms with van der Waals surface area (Å²) in [6, 6.07) is 18.2. The summed E-state index contributed by atoms with van der Waals surface area (Å²) in [7, 11) is 0. The number of carbonyl (C=O) groups excluding carboxylic acids is 1. The molecule has 0 aliphatic carbocycles. The topological polar surface area (TPSA) is 33.5 Å². The van der Waals surface area contributed by atoms with Crippen LogP contribution in [0, 0.1) is 5.92 Å². The van der Waals surface area contributed by atoms with Crippen LogP contribution in [0.2, 0.25) is 5.02 Å². The maximum Gasteiger partial charge on any atom is 0.224 e. The number of benzene rings is 2. The van der Waals surface area contributed by atoms with E-state index >= 15 is 0 Å². The Hall–Kier alpha value is -1.84. The summed E-state index contributed by atoms with van der Waals surface area (Å²) in [5, 5.41) is 4.01. The van der Waals surface area contributed by atoms with Crippen LogP contribution < -0.4 is 10.2 Å². The summed E-state index contributed by atoms with van der Waals surface area (Å²) < 4.78 is 0. The van der Waals surface area contributed by atoms with Gasteiger partial charge in [-0.3, -0.25) is 4.79 Å². The van der Waals surface area contributed by atoms with Crippen molar-refractivity contribution in [3.63, 3.8) is 0 Å². The van der Waals surface area contributed by atoms with Crippen LogP contribution >= 0.6 is 11.6 Å². The number of nitrogens with one attached hydrogen (secondary N) is 2. The van der Waals surface area contributed by atoms with Gasteiger partial charge in [0.05, 0.1) is 19.1 Å². The number of amides is 1. The van der Waals surface area contributed by atoms with E-state index in [1.807, 2.05) is 43.3 Å². The van der Waals surface area contributed by atoms with Crippen LogP contribution in [-0.4, -0.2) is 19.0 Å². The molecular weight excluding hydrogens is 332 g/mol. The molecule has 2 aromatic rings. The van der Waals surface area contributed by atoms with Gasteiger partial charge in [-0.15, -0.1) is 0 Å². The highest BCUT2D eigenvalue weighted by atomic mass is 35.5. The average Bonchev–Trinajstić information content (AvgIpc) is 2.65. The van der Waals surface area contributed by atoms with Crippen LogP contribution in [-0.2, 0) is 11.3 Å². The first kappa shape index (κ1) is 18.0. The van der Waals surface area contributed by atoms with Crippen molar-refractivity contribution in [2.75, 3.05) is 13.1 Å². The summed E-state index contributed by atoms with van der Waals surface area (Å²) in [6.45, 7) is 5.02. The third-order valence-electron chi connectivity index (χ3n) is 5.12. The van der Waals surface area contributed by atoms with E-state index in [4.69, 9.17) is 11.6 Å². The molecule has 3 nitrogen and oxygen atoms in total. The van der Waals surface area contributed by atoms with Gasteiger partial charge in [-0.1, -0.05) is 60.1 Å². The lowest BCUT2D eigenvalue weighted by Gasteiger charge is -2.29. The summed E-state index contributed by atoms with van der Waals surface area (Å²) in [4.78, 5) is 14.1. The van der Waals surface area contributed by atoms with E-state index in [9.17, 15) is 4.79 Å². The predicted molar refractivity (Wildman–Crippen MR) is 102 cm³/mol. The molecule has 1 saturated heterocycles. The van der Waals surface area contributed by atoms with E-state index in [-0.39, 0.29) is 17.9 Å². The summed E-state index contributed by atoms with van der Waals surface area (Å²) in [6.07, 6.45) is 1.88. The van der Waals surface area contributed by atoms with Gasteiger partial charge in [0, 0.05) is 29.3 Å². The van der Waals surface area contributed by atoms with Crippen molar-refractivity contribution < 1.29 is 9.69 Å². The fourth-order valence-electron chi connectivity index (χ4n) is 3.53. The van der Waals surface area contributed by atoms with Crippen molar-refractivity contribution in [1.82, 2.24) is 5.32 Å². The van der Waals surface area contributed by atoms with Crippen LogP contribution in [0.5, 0.6) is 0 Å². The SMILES string of the molecule is C[C@H](NC(=O)C1CC[NH+](Cc2ccccc2Cl)CC1)c1ccccc1. The predicted octanol–water partition coefficient (Wildman–Crippen LogP) is 3.01. The van der Waals surface area contributed by atoms with Crippen LogP contribution in [0.25, 0.3) is 0 Å². The molecule has 1 atom stereocenters. The lowest BCUT2D eigenvalue weighted by atomic mass is 9.95. The first-order chi connectivity index (χ1) is 12.1. The molecule has 1 aliphatic heterocycles. The fraction of sp³-hybridized carbons (Fsp3) is 0.381. The molecule has 0 saturated carbocycles. The minimum absolute atomic E-state index is 0.0576. The molecule has 1 aliphatic rings. The van der Waals surface area contributed by atoms with Crippen LogP contribution in [0.3, 0.4) is 0 Å². The Labute approximate surface area is 155 Å². The van der Waals surface area contributed by atoms with Gasteiger partial charge in [0.25, 0.3) is 0 Å². The minimum Gasteiger partial charge on any atom is -0.349 e. The number of carbonyl (C=O) groups is 1. The summed E-state index contributed by atoms with van der Waals surface area (Å²) in [5.74, 6) is 0.314. The number of rotatable bonds is 5. The molecule has 1 amide bonds. The molecule has 0 aromatic heterocycles. The van der Waals surface area contributed by atoms with E-state index < -0.39 is 0 Å². The molecule has 2 aromatic carbocycles. The van der Waals surface area contributed by atoms with Crippen molar-refractivity contribution in [3.8, 4) is 0 Å². The van der Waals surface area contributed by atoms with Crippen molar-refractivity contribution >= 4 is 17.5 Å². The van der Waals surface area contributed by atoms with Gasteiger partial charge in [-0.05, 0) is 18.6 Å². The Balaban J connectivity index is 1.48. The number of quaternary nitrogens is 1. The maximum atomic E-state index is 12.6. The largest absolute Gasteiger partial charge is 0.349 e. The van der Waals surface area contributed by atoms with Gasteiger partial charge in [0.2, 0.25) is 5.91 Å². The monoisotopic (exact) mass is 357 g/mol. The molecule has 0 unspecified atom stereocenters. The zero-order chi connectivity index (χ0) is 17.6. The molecule has 0 radical (unpaired) electrons. The maximum absolute atomic E-state index is 12.6. The number of halogens is 1. The molecule has 0 bridgehead atoms. The van der Waals surface area contributed by atoms with Crippen molar-refractivity contribution in [3.05, 3.63) is 70.7 Å². The van der Waals surface area contributed by atoms with Gasteiger partial charge < -0.3 is 10.2 Å². The fourth-order valence-corrected chi connectivity index (χ4v) is 3.73. The Morgan fingerprint density at radius 1 is 1.12 bits per heavy atom. The van der Waals surface area contributed by atoms with E-state index in [2.05, 4.69) is 23.5 Å². The van der Waals surface area contributed by atoms with Gasteiger partial charge >= 0.3 is 0 Å². The Morgan fingerprint density at radius 2 is 1.76 bits per heavy atom. The third kappa shape index (κ3) is 4.83. The van der Waals surface area contributed by atoms with Gasteiger partial charge in [-0.2, -0.15) is 0 Å². The number of piperidine rings is 1. The Morgan fingerprint density at radius 3 is 2.44 bits per heavy atom. The van der Waals surface area contributed by atoms with Crippen LogP contribution in [0.4, 0.5) is 0 Å². The second kappa shape index (κ2) is 8.50. The third-order valence-corrected chi connectivity index (χ3v) is 5.49. The first-order valence-electron chi connectivity index (χ1n) is 9.06. The van der Waals surface area contributed by atoms with E-state index in [1.165, 1.54) is 10.5 Å². The van der Waals surface area contributed by atoms with Gasteiger partial charge in [-0.25, -0.2) is 0 Å². The van der Waals surface area contributed by atoms with Crippen LogP contribution in [0.1, 0.15) is 36.9 Å². The van der Waals surface area contributed by atoms with Crippen molar-refractivity contribution in [2.24, 2.45) is 5.92 Å². The molecule has 25 heavy (non-hydrogen) atoms. The van der Waals surface area contributed by atoms with Crippen molar-refractivity contribution in [2.45, 2.75) is 32.4 Å². The molecule has 3 rings (SSSR count). The second-order valence-electron chi connectivity index (χ2n) is 6.93. The molecular formula is C21H26ClN2O+. The Kier molecular flexibility index (Phi) is 6.11. The van der Waals surface area contributed by atoms with Crippen molar-refractivity contribution in [1.29, 1.82) is 0 Å². The molecule has 132 valence electrons. The smallest absolute Gasteiger partial charge is 0.224 e. The lowest BCUT2D eigenvalue weighted by molar-refractivity contribution is -0.919. The molecule has 4 heteroatoms. The van der Waals surface area contributed by atoms with E-state index in [0.29, 0.717) is 0 Å². The quantitative estimate of drug-likeness (QED) is 0.847. The van der Waals surface area contributed by atoms with E-state index in [1.54, 1.807) is 0 Å².